The maximum absolute atomic E-state index is 12.6. The van der Waals surface area contributed by atoms with Crippen molar-refractivity contribution in [3.05, 3.63) is 35.4 Å². The van der Waals surface area contributed by atoms with Crippen LogP contribution >= 0.6 is 0 Å². The van der Waals surface area contributed by atoms with E-state index in [2.05, 4.69) is 6.92 Å². The lowest BCUT2D eigenvalue weighted by Gasteiger charge is -2.26. The molecule has 0 radical (unpaired) electrons. The van der Waals surface area contributed by atoms with Crippen LogP contribution in [0.25, 0.3) is 0 Å². The number of rotatable bonds is 2. The summed E-state index contributed by atoms with van der Waals surface area (Å²) in [6.45, 7) is 2.25. The van der Waals surface area contributed by atoms with Gasteiger partial charge in [-0.1, -0.05) is 38.0 Å². The first-order valence-electron chi connectivity index (χ1n) is 6.61. The molecule has 0 spiro atoms. The van der Waals surface area contributed by atoms with Crippen molar-refractivity contribution in [3.8, 4) is 0 Å². The molecule has 2 rings (SSSR count). The van der Waals surface area contributed by atoms with Gasteiger partial charge >= 0.3 is 6.18 Å². The van der Waals surface area contributed by atoms with Crippen molar-refractivity contribution in [2.45, 2.75) is 45.2 Å². The van der Waals surface area contributed by atoms with E-state index in [1.807, 2.05) is 6.07 Å². The van der Waals surface area contributed by atoms with Gasteiger partial charge < -0.3 is 0 Å². The summed E-state index contributed by atoms with van der Waals surface area (Å²) in [5.74, 6) is 1.34. The number of halogens is 3. The van der Waals surface area contributed by atoms with Gasteiger partial charge in [-0.3, -0.25) is 0 Å². The highest BCUT2D eigenvalue weighted by atomic mass is 19.4. The van der Waals surface area contributed by atoms with E-state index in [-0.39, 0.29) is 0 Å². The molecular weight excluding hydrogens is 237 g/mol. The average molecular weight is 256 g/mol. The van der Waals surface area contributed by atoms with E-state index < -0.39 is 11.7 Å². The molecule has 0 bridgehead atoms. The zero-order valence-corrected chi connectivity index (χ0v) is 10.6. The van der Waals surface area contributed by atoms with E-state index in [1.165, 1.54) is 25.0 Å². The Morgan fingerprint density at radius 2 is 1.78 bits per heavy atom. The summed E-state index contributed by atoms with van der Waals surface area (Å²) < 4.78 is 37.8. The fourth-order valence-corrected chi connectivity index (χ4v) is 2.74. The maximum Gasteiger partial charge on any atom is 0.416 e. The van der Waals surface area contributed by atoms with Gasteiger partial charge in [0.25, 0.3) is 0 Å². The van der Waals surface area contributed by atoms with Crippen molar-refractivity contribution in [2.24, 2.45) is 11.8 Å². The minimum absolute atomic E-state index is 0.524. The maximum atomic E-state index is 12.6. The van der Waals surface area contributed by atoms with E-state index in [0.29, 0.717) is 5.92 Å². The first kappa shape index (κ1) is 13.4. The van der Waals surface area contributed by atoms with E-state index in [1.54, 1.807) is 0 Å². The van der Waals surface area contributed by atoms with Crippen LogP contribution in [0.15, 0.2) is 24.3 Å². The van der Waals surface area contributed by atoms with Crippen LogP contribution in [0.1, 0.15) is 43.7 Å². The van der Waals surface area contributed by atoms with E-state index in [0.717, 1.165) is 36.8 Å². The molecule has 3 heteroatoms. The molecule has 0 aliphatic heterocycles. The van der Waals surface area contributed by atoms with Crippen LogP contribution in [-0.2, 0) is 12.6 Å². The molecule has 18 heavy (non-hydrogen) atoms. The summed E-state index contributed by atoms with van der Waals surface area (Å²) in [5.41, 5.74) is 0.300. The summed E-state index contributed by atoms with van der Waals surface area (Å²) >= 11 is 0. The number of hydrogen-bond donors (Lipinski definition) is 0. The van der Waals surface area contributed by atoms with Gasteiger partial charge in [0, 0.05) is 0 Å². The van der Waals surface area contributed by atoms with Crippen molar-refractivity contribution >= 4 is 0 Å². The lowest BCUT2D eigenvalue weighted by Crippen LogP contribution is -2.14. The number of benzene rings is 1. The van der Waals surface area contributed by atoms with Crippen LogP contribution < -0.4 is 0 Å². The fourth-order valence-electron chi connectivity index (χ4n) is 2.74. The largest absolute Gasteiger partial charge is 0.416 e. The van der Waals surface area contributed by atoms with Crippen molar-refractivity contribution in [2.75, 3.05) is 0 Å². The SMILES string of the molecule is CC1CCC(Cc2cccc(C(F)(F)F)c2)CC1. The van der Waals surface area contributed by atoms with Gasteiger partial charge in [0.2, 0.25) is 0 Å². The molecule has 0 atom stereocenters. The zero-order valence-electron chi connectivity index (χ0n) is 10.6. The molecule has 0 heterocycles. The first-order chi connectivity index (χ1) is 8.45. The molecule has 1 saturated carbocycles. The van der Waals surface area contributed by atoms with Gasteiger partial charge in [0.1, 0.15) is 0 Å². The van der Waals surface area contributed by atoms with Crippen LogP contribution in [0.3, 0.4) is 0 Å². The highest BCUT2D eigenvalue weighted by molar-refractivity contribution is 5.26. The zero-order chi connectivity index (χ0) is 13.2. The quantitative estimate of drug-likeness (QED) is 0.692. The molecule has 1 aromatic carbocycles. The Morgan fingerprint density at radius 3 is 2.39 bits per heavy atom. The van der Waals surface area contributed by atoms with E-state index in [9.17, 15) is 13.2 Å². The van der Waals surface area contributed by atoms with Crippen LogP contribution in [0.4, 0.5) is 13.2 Å². The Morgan fingerprint density at radius 1 is 1.11 bits per heavy atom. The molecule has 1 aliphatic rings. The van der Waals surface area contributed by atoms with Gasteiger partial charge in [-0.2, -0.15) is 13.2 Å². The summed E-state index contributed by atoms with van der Waals surface area (Å²) in [4.78, 5) is 0. The molecule has 0 nitrogen and oxygen atoms in total. The smallest absolute Gasteiger partial charge is 0.166 e. The second kappa shape index (κ2) is 5.33. The minimum Gasteiger partial charge on any atom is -0.166 e. The van der Waals surface area contributed by atoms with Gasteiger partial charge in [-0.05, 0) is 42.7 Å². The summed E-state index contributed by atoms with van der Waals surface area (Å²) in [7, 11) is 0. The van der Waals surface area contributed by atoms with Gasteiger partial charge in [-0.15, -0.1) is 0 Å². The molecule has 0 N–H and O–H groups in total. The summed E-state index contributed by atoms with van der Waals surface area (Å²) in [6.07, 6.45) is 1.29. The Balaban J connectivity index is 2.01. The highest BCUT2D eigenvalue weighted by Gasteiger charge is 2.30. The van der Waals surface area contributed by atoms with Gasteiger partial charge in [0.15, 0.2) is 0 Å². The normalized spacial score (nSPS) is 25.1. The van der Waals surface area contributed by atoms with E-state index >= 15 is 0 Å². The van der Waals surface area contributed by atoms with Crippen molar-refractivity contribution in [3.63, 3.8) is 0 Å². The molecule has 0 unspecified atom stereocenters. The number of hydrogen-bond acceptors (Lipinski definition) is 0. The second-order valence-electron chi connectivity index (χ2n) is 5.53. The summed E-state index contributed by atoms with van der Waals surface area (Å²) in [6, 6.07) is 5.78. The molecule has 1 aliphatic carbocycles. The predicted molar refractivity (Wildman–Crippen MR) is 66.3 cm³/mol. The summed E-state index contributed by atoms with van der Waals surface area (Å²) in [5, 5.41) is 0. The molecule has 1 aromatic rings. The highest BCUT2D eigenvalue weighted by Crippen LogP contribution is 2.33. The van der Waals surface area contributed by atoms with Crippen LogP contribution in [-0.4, -0.2) is 0 Å². The van der Waals surface area contributed by atoms with Crippen molar-refractivity contribution in [1.82, 2.24) is 0 Å². The Bertz CT molecular complexity index is 387. The minimum atomic E-state index is -4.23. The first-order valence-corrected chi connectivity index (χ1v) is 6.61. The molecule has 0 amide bonds. The topological polar surface area (TPSA) is 0 Å². The van der Waals surface area contributed by atoms with Crippen LogP contribution in [0.2, 0.25) is 0 Å². The molecule has 0 saturated heterocycles. The third-order valence-corrected chi connectivity index (χ3v) is 3.91. The van der Waals surface area contributed by atoms with Crippen LogP contribution in [0.5, 0.6) is 0 Å². The monoisotopic (exact) mass is 256 g/mol. The molecular formula is C15H19F3. The predicted octanol–water partition coefficient (Wildman–Crippen LogP) is 5.07. The molecule has 0 aromatic heterocycles. The standard InChI is InChI=1S/C15H19F3/c1-11-5-7-12(8-6-11)9-13-3-2-4-14(10-13)15(16,17)18/h2-4,10-12H,5-9H2,1H3. The molecule has 1 fully saturated rings. The van der Waals surface area contributed by atoms with Crippen molar-refractivity contribution < 1.29 is 13.2 Å². The lowest BCUT2D eigenvalue weighted by atomic mass is 9.80. The lowest BCUT2D eigenvalue weighted by molar-refractivity contribution is -0.137. The third-order valence-electron chi connectivity index (χ3n) is 3.91. The van der Waals surface area contributed by atoms with Gasteiger partial charge in [-0.25, -0.2) is 0 Å². The molecule has 100 valence electrons. The van der Waals surface area contributed by atoms with Crippen LogP contribution in [0, 0.1) is 11.8 Å². The average Bonchev–Trinajstić information content (AvgIpc) is 2.31. The van der Waals surface area contributed by atoms with E-state index in [4.69, 9.17) is 0 Å². The Hall–Kier alpha value is -0.990. The van der Waals surface area contributed by atoms with Gasteiger partial charge in [0.05, 0.1) is 5.56 Å². The second-order valence-corrected chi connectivity index (χ2v) is 5.53. The third kappa shape index (κ3) is 3.50. The van der Waals surface area contributed by atoms with Crippen molar-refractivity contribution in [1.29, 1.82) is 0 Å². The Kier molecular flexibility index (Phi) is 3.98. The Labute approximate surface area is 106 Å². The number of alkyl halides is 3. The fraction of sp³-hybridized carbons (Fsp3) is 0.600.